The summed E-state index contributed by atoms with van der Waals surface area (Å²) < 4.78 is 45.1. The number of ether oxygens (including phenoxy) is 1. The van der Waals surface area contributed by atoms with E-state index in [1.165, 1.54) is 29.5 Å². The normalized spacial score (nSPS) is 13.4. The van der Waals surface area contributed by atoms with Gasteiger partial charge < -0.3 is 15.4 Å². The van der Waals surface area contributed by atoms with Crippen molar-refractivity contribution in [1.29, 1.82) is 0 Å². The lowest BCUT2D eigenvalue weighted by atomic mass is 10.2. The Morgan fingerprint density at radius 3 is 2.50 bits per heavy atom. The number of carbonyl (C=O) groups excluding carboxylic acids is 2. The molecule has 4 aromatic rings. The number of nitrogens with one attached hydrogen (secondary N) is 2. The number of amides is 3. The van der Waals surface area contributed by atoms with E-state index in [2.05, 4.69) is 20.6 Å². The summed E-state index contributed by atoms with van der Waals surface area (Å²) in [5.41, 5.74) is -0.403. The first kappa shape index (κ1) is 26.2. The summed E-state index contributed by atoms with van der Waals surface area (Å²) in [4.78, 5) is 33.9. The van der Waals surface area contributed by atoms with Crippen LogP contribution in [0, 0.1) is 5.92 Å². The van der Waals surface area contributed by atoms with Crippen molar-refractivity contribution in [3.05, 3.63) is 64.1 Å². The molecule has 0 aliphatic heterocycles. The molecular formula is C24H17Cl2F3N5O3S+. The molecule has 0 bridgehead atoms. The maximum atomic E-state index is 13.1. The molecule has 5 rings (SSSR count). The Balaban J connectivity index is 1.27. The summed E-state index contributed by atoms with van der Waals surface area (Å²) in [6, 6.07) is 10.0. The Morgan fingerprint density at radius 1 is 1.00 bits per heavy atom. The lowest BCUT2D eigenvalue weighted by Gasteiger charge is -2.13. The SMILES string of the molecule is O=C(Nc1ccc(Cl)c(C(F)(F)F)c1)Nc1cc(Oc2ccc3nc([NH2+]C(=O)C4CC4)sc3n2)ccc1Cl. The molecule has 1 aliphatic carbocycles. The summed E-state index contributed by atoms with van der Waals surface area (Å²) in [5, 5.41) is 6.61. The molecule has 14 heteroatoms. The van der Waals surface area contributed by atoms with Crippen LogP contribution in [-0.4, -0.2) is 21.9 Å². The van der Waals surface area contributed by atoms with Gasteiger partial charge >= 0.3 is 18.1 Å². The minimum Gasteiger partial charge on any atom is -0.439 e. The first-order valence-electron chi connectivity index (χ1n) is 11.1. The maximum absolute atomic E-state index is 13.1. The molecular weight excluding hydrogens is 566 g/mol. The third kappa shape index (κ3) is 6.16. The molecule has 38 heavy (non-hydrogen) atoms. The third-order valence-electron chi connectivity index (χ3n) is 5.43. The number of aromatic nitrogens is 2. The van der Waals surface area contributed by atoms with Crippen LogP contribution in [-0.2, 0) is 11.0 Å². The number of alkyl halides is 3. The van der Waals surface area contributed by atoms with E-state index in [1.54, 1.807) is 23.5 Å². The molecule has 0 atom stereocenters. The number of benzene rings is 2. The molecule has 0 unspecified atom stereocenters. The molecule has 0 saturated heterocycles. The predicted octanol–water partition coefficient (Wildman–Crippen LogP) is 6.58. The molecule has 196 valence electrons. The fourth-order valence-electron chi connectivity index (χ4n) is 3.43. The number of quaternary nitrogens is 1. The number of nitrogens with two attached hydrogens (primary N) is 1. The molecule has 0 radical (unpaired) electrons. The van der Waals surface area contributed by atoms with Crippen molar-refractivity contribution >= 4 is 73.3 Å². The molecule has 3 amide bonds. The van der Waals surface area contributed by atoms with Gasteiger partial charge in [-0.05, 0) is 60.6 Å². The molecule has 2 heterocycles. The van der Waals surface area contributed by atoms with Crippen molar-refractivity contribution in [1.82, 2.24) is 9.97 Å². The van der Waals surface area contributed by atoms with Gasteiger partial charge in [-0.1, -0.05) is 23.2 Å². The van der Waals surface area contributed by atoms with Crippen LogP contribution in [0.15, 0.2) is 48.5 Å². The molecule has 1 fully saturated rings. The summed E-state index contributed by atoms with van der Waals surface area (Å²) in [5.74, 6) is 0.720. The topological polar surface area (TPSA) is 110 Å². The van der Waals surface area contributed by atoms with E-state index in [9.17, 15) is 22.8 Å². The average molecular weight is 583 g/mol. The second-order valence-electron chi connectivity index (χ2n) is 8.36. The van der Waals surface area contributed by atoms with Crippen LogP contribution >= 0.6 is 34.5 Å². The molecule has 1 aliphatic rings. The van der Waals surface area contributed by atoms with Crippen LogP contribution in [0.25, 0.3) is 10.3 Å². The lowest BCUT2D eigenvalue weighted by Crippen LogP contribution is -2.83. The quantitative estimate of drug-likeness (QED) is 0.238. The van der Waals surface area contributed by atoms with Gasteiger partial charge in [0.1, 0.15) is 11.3 Å². The standard InChI is InChI=1S/C24H16Cl2F3N5O3S/c25-15-5-3-12(9-14(15)24(27,28)29)30-22(36)31-18-10-13(4-6-16(18)26)37-19-8-7-17-21(33-19)38-23(32-17)34-20(35)11-1-2-11/h3-11H,1-2H2,(H2,30,31,36)(H,32,34,35)/p+1. The van der Waals surface area contributed by atoms with Crippen molar-refractivity contribution in [2.45, 2.75) is 19.0 Å². The third-order valence-corrected chi connectivity index (χ3v) is 7.00. The van der Waals surface area contributed by atoms with E-state index in [4.69, 9.17) is 27.9 Å². The van der Waals surface area contributed by atoms with Gasteiger partial charge in [0.15, 0.2) is 4.83 Å². The number of carbonyl (C=O) groups is 2. The fourth-order valence-corrected chi connectivity index (χ4v) is 4.69. The number of nitrogens with zero attached hydrogens (tertiary/aromatic N) is 2. The number of pyridine rings is 1. The highest BCUT2D eigenvalue weighted by atomic mass is 35.5. The van der Waals surface area contributed by atoms with Crippen molar-refractivity contribution in [3.63, 3.8) is 0 Å². The zero-order valence-corrected chi connectivity index (χ0v) is 21.4. The van der Waals surface area contributed by atoms with Crippen molar-refractivity contribution in [3.8, 4) is 11.6 Å². The van der Waals surface area contributed by atoms with Gasteiger partial charge in [-0.2, -0.15) is 18.2 Å². The lowest BCUT2D eigenvalue weighted by molar-refractivity contribution is -0.484. The second-order valence-corrected chi connectivity index (χ2v) is 10.2. The van der Waals surface area contributed by atoms with Crippen molar-refractivity contribution < 1.29 is 32.8 Å². The van der Waals surface area contributed by atoms with Gasteiger partial charge in [0.05, 0.1) is 27.2 Å². The van der Waals surface area contributed by atoms with E-state index < -0.39 is 22.8 Å². The zero-order valence-electron chi connectivity index (χ0n) is 19.1. The second kappa shape index (κ2) is 10.4. The summed E-state index contributed by atoms with van der Waals surface area (Å²) >= 11 is 13.1. The largest absolute Gasteiger partial charge is 0.439 e. The number of urea groups is 1. The minimum atomic E-state index is -4.68. The van der Waals surface area contributed by atoms with Gasteiger partial charge in [0, 0.05) is 17.8 Å². The van der Waals surface area contributed by atoms with Crippen LogP contribution in [0.5, 0.6) is 11.6 Å². The summed E-state index contributed by atoms with van der Waals surface area (Å²) in [6.07, 6.45) is -2.85. The minimum absolute atomic E-state index is 0.0719. The van der Waals surface area contributed by atoms with Crippen molar-refractivity contribution in [2.75, 3.05) is 10.6 Å². The van der Waals surface area contributed by atoms with Gasteiger partial charge in [-0.15, -0.1) is 0 Å². The molecule has 8 nitrogen and oxygen atoms in total. The first-order chi connectivity index (χ1) is 18.0. The Bertz CT molecular complexity index is 1560. The van der Waals surface area contributed by atoms with Gasteiger partial charge in [-0.25, -0.2) is 19.9 Å². The highest BCUT2D eigenvalue weighted by Gasteiger charge is 2.34. The van der Waals surface area contributed by atoms with Gasteiger partial charge in [0.2, 0.25) is 5.88 Å². The predicted molar refractivity (Wildman–Crippen MR) is 137 cm³/mol. The molecule has 2 aromatic carbocycles. The average Bonchev–Trinajstić information content (AvgIpc) is 3.62. The number of fused-ring (bicyclic) bond motifs is 1. The Morgan fingerprint density at radius 2 is 1.76 bits per heavy atom. The molecule has 2 aromatic heterocycles. The number of halogens is 5. The molecule has 1 saturated carbocycles. The number of hydrogen-bond acceptors (Lipinski definition) is 6. The number of hydrogen-bond donors (Lipinski definition) is 3. The number of primary amides is 1. The number of rotatable bonds is 6. The van der Waals surface area contributed by atoms with Gasteiger partial charge in [-0.3, -0.25) is 0 Å². The first-order valence-corrected chi connectivity index (χ1v) is 12.7. The number of thiazole rings is 1. The van der Waals surface area contributed by atoms with E-state index in [0.29, 0.717) is 21.2 Å². The Kier molecular flexibility index (Phi) is 7.14. The van der Waals surface area contributed by atoms with Crippen LogP contribution in [0.1, 0.15) is 18.4 Å². The zero-order chi connectivity index (χ0) is 27.0. The van der Waals surface area contributed by atoms with E-state index in [-0.39, 0.29) is 34.1 Å². The summed E-state index contributed by atoms with van der Waals surface area (Å²) in [7, 11) is 0. The molecule has 4 N–H and O–H groups in total. The Hall–Kier alpha value is -3.45. The van der Waals surface area contributed by atoms with Crippen LogP contribution < -0.4 is 20.7 Å². The van der Waals surface area contributed by atoms with E-state index >= 15 is 0 Å². The summed E-state index contributed by atoms with van der Waals surface area (Å²) in [6.45, 7) is 0. The highest BCUT2D eigenvalue weighted by Crippen LogP contribution is 2.36. The van der Waals surface area contributed by atoms with Crippen LogP contribution in [0.3, 0.4) is 0 Å². The van der Waals surface area contributed by atoms with E-state index in [0.717, 1.165) is 25.0 Å². The molecule has 0 spiro atoms. The monoisotopic (exact) mass is 582 g/mol. The maximum Gasteiger partial charge on any atom is 0.417 e. The van der Waals surface area contributed by atoms with Crippen molar-refractivity contribution in [2.24, 2.45) is 5.92 Å². The van der Waals surface area contributed by atoms with Crippen LogP contribution in [0.2, 0.25) is 10.0 Å². The Labute approximate surface area is 227 Å². The highest BCUT2D eigenvalue weighted by molar-refractivity contribution is 7.21. The van der Waals surface area contributed by atoms with Gasteiger partial charge in [0.25, 0.3) is 5.13 Å². The van der Waals surface area contributed by atoms with Crippen LogP contribution in [0.4, 0.5) is 34.5 Å². The fraction of sp³-hybridized carbons (Fsp3) is 0.167. The van der Waals surface area contributed by atoms with E-state index in [1.807, 2.05) is 0 Å². The number of anilines is 2. The smallest absolute Gasteiger partial charge is 0.417 e.